The van der Waals surface area contributed by atoms with E-state index in [1.807, 2.05) is 12.1 Å². The molecule has 0 saturated heterocycles. The summed E-state index contributed by atoms with van der Waals surface area (Å²) in [6.45, 7) is 4.19. The number of hydrogen-bond donors (Lipinski definition) is 2. The maximum absolute atomic E-state index is 11.3. The van der Waals surface area contributed by atoms with Gasteiger partial charge in [0.05, 0.1) is 7.11 Å². The smallest absolute Gasteiger partial charge is 0.168 e. The van der Waals surface area contributed by atoms with Gasteiger partial charge in [-0.3, -0.25) is 0 Å². The van der Waals surface area contributed by atoms with Crippen molar-refractivity contribution >= 4 is 0 Å². The summed E-state index contributed by atoms with van der Waals surface area (Å²) in [6, 6.07) is 8.60. The fraction of sp³-hybridized carbons (Fsp3) is 0.333. The molecule has 2 atom stereocenters. The molecule has 2 N–H and O–H groups in total. The summed E-state index contributed by atoms with van der Waals surface area (Å²) < 4.78 is 17.4. The summed E-state index contributed by atoms with van der Waals surface area (Å²) >= 11 is 0. The summed E-state index contributed by atoms with van der Waals surface area (Å²) in [5.41, 5.74) is 2.36. The number of ether oxygens (including phenoxy) is 3. The molecule has 2 aromatic rings. The van der Waals surface area contributed by atoms with Gasteiger partial charge in [0.15, 0.2) is 11.7 Å². The summed E-state index contributed by atoms with van der Waals surface area (Å²) in [5, 5.41) is 21.0. The van der Waals surface area contributed by atoms with Crippen molar-refractivity contribution < 1.29 is 24.4 Å². The first-order valence-corrected chi connectivity index (χ1v) is 8.62. The molecule has 2 aliphatic heterocycles. The minimum atomic E-state index is -1.28. The Balaban J connectivity index is 1.80. The monoisotopic (exact) mass is 354 g/mol. The average Bonchev–Trinajstić information content (AvgIpc) is 2.91. The van der Waals surface area contributed by atoms with Gasteiger partial charge < -0.3 is 24.4 Å². The highest BCUT2D eigenvalue weighted by Gasteiger charge is 2.53. The number of rotatable bonds is 3. The topological polar surface area (TPSA) is 68.2 Å². The van der Waals surface area contributed by atoms with E-state index in [0.717, 1.165) is 23.3 Å². The van der Waals surface area contributed by atoms with Gasteiger partial charge in [-0.15, -0.1) is 0 Å². The zero-order chi connectivity index (χ0) is 18.5. The maximum atomic E-state index is 11.3. The molecule has 0 amide bonds. The third-order valence-electron chi connectivity index (χ3n) is 4.98. The van der Waals surface area contributed by atoms with Crippen LogP contribution in [-0.4, -0.2) is 23.9 Å². The van der Waals surface area contributed by atoms with E-state index in [0.29, 0.717) is 17.1 Å². The summed E-state index contributed by atoms with van der Waals surface area (Å²) in [4.78, 5) is 0. The normalized spacial score (nSPS) is 22.4. The predicted octanol–water partition coefficient (Wildman–Crippen LogP) is 3.62. The lowest BCUT2D eigenvalue weighted by Crippen LogP contribution is -2.41. The van der Waals surface area contributed by atoms with E-state index in [1.165, 1.54) is 11.6 Å². The van der Waals surface area contributed by atoms with Gasteiger partial charge in [0.2, 0.25) is 0 Å². The second-order valence-corrected chi connectivity index (χ2v) is 7.08. The molecule has 26 heavy (non-hydrogen) atoms. The third kappa shape index (κ3) is 2.51. The van der Waals surface area contributed by atoms with Gasteiger partial charge in [-0.2, -0.15) is 0 Å². The Hall–Kier alpha value is -2.66. The lowest BCUT2D eigenvalue weighted by molar-refractivity contribution is -0.0864. The molecule has 0 aromatic heterocycles. The van der Waals surface area contributed by atoms with Crippen LogP contribution in [0.3, 0.4) is 0 Å². The summed E-state index contributed by atoms with van der Waals surface area (Å²) in [6.07, 6.45) is 2.26. The Labute approximate surface area is 152 Å². The van der Waals surface area contributed by atoms with Gasteiger partial charge >= 0.3 is 0 Å². The number of methoxy groups -OCH3 is 1. The molecule has 0 bridgehead atoms. The number of aromatic hydroxyl groups is 1. The van der Waals surface area contributed by atoms with Crippen LogP contribution in [0.15, 0.2) is 42.0 Å². The molecular formula is C21H22O5. The van der Waals surface area contributed by atoms with Crippen LogP contribution >= 0.6 is 0 Å². The van der Waals surface area contributed by atoms with Gasteiger partial charge in [0.25, 0.3) is 0 Å². The van der Waals surface area contributed by atoms with Gasteiger partial charge in [0, 0.05) is 23.3 Å². The van der Waals surface area contributed by atoms with E-state index in [4.69, 9.17) is 14.2 Å². The molecule has 5 nitrogen and oxygen atoms in total. The largest absolute Gasteiger partial charge is 0.508 e. The zero-order valence-electron chi connectivity index (χ0n) is 15.1. The Morgan fingerprint density at radius 2 is 2.08 bits per heavy atom. The van der Waals surface area contributed by atoms with Crippen LogP contribution < -0.4 is 14.2 Å². The van der Waals surface area contributed by atoms with Crippen molar-refractivity contribution in [1.29, 1.82) is 0 Å². The molecule has 0 fully saturated rings. The van der Waals surface area contributed by atoms with Crippen molar-refractivity contribution in [3.05, 3.63) is 58.7 Å². The molecule has 2 aromatic carbocycles. The molecule has 2 aliphatic rings. The molecule has 2 heterocycles. The number of benzene rings is 2. The molecule has 0 aliphatic carbocycles. The van der Waals surface area contributed by atoms with E-state index >= 15 is 0 Å². The molecule has 0 unspecified atom stereocenters. The van der Waals surface area contributed by atoms with Crippen molar-refractivity contribution in [1.82, 2.24) is 0 Å². The highest BCUT2D eigenvalue weighted by atomic mass is 16.5. The van der Waals surface area contributed by atoms with Crippen molar-refractivity contribution in [3.63, 3.8) is 0 Å². The fourth-order valence-electron chi connectivity index (χ4n) is 3.61. The number of hydrogen-bond acceptors (Lipinski definition) is 5. The van der Waals surface area contributed by atoms with Gasteiger partial charge in [0.1, 0.15) is 29.6 Å². The zero-order valence-corrected chi connectivity index (χ0v) is 15.1. The highest BCUT2D eigenvalue weighted by molar-refractivity contribution is 5.56. The number of allylic oxidation sites excluding steroid dienone is 2. The standard InChI is InChI=1S/C21H22O5/c1-12(2)4-5-13-8-15-18(10-17(13)24-3)25-11-21(23)16-7-6-14(22)9-19(16)26-20(15)21/h4,6-10,20,22-23H,5,11H2,1-3H3/t20-,21+/m0/s1. The maximum Gasteiger partial charge on any atom is 0.168 e. The van der Waals surface area contributed by atoms with Gasteiger partial charge in [-0.25, -0.2) is 0 Å². The number of fused-ring (bicyclic) bond motifs is 5. The average molecular weight is 354 g/mol. The molecule has 0 spiro atoms. The molecule has 136 valence electrons. The van der Waals surface area contributed by atoms with Crippen LogP contribution in [0.5, 0.6) is 23.0 Å². The van der Waals surface area contributed by atoms with E-state index in [9.17, 15) is 10.2 Å². The highest BCUT2D eigenvalue weighted by Crippen LogP contribution is 2.54. The first-order chi connectivity index (χ1) is 12.4. The lowest BCUT2D eigenvalue weighted by atomic mass is 9.84. The van der Waals surface area contributed by atoms with Crippen LogP contribution in [0.2, 0.25) is 0 Å². The van der Waals surface area contributed by atoms with E-state index in [-0.39, 0.29) is 12.4 Å². The predicted molar refractivity (Wildman–Crippen MR) is 97.0 cm³/mol. The SMILES string of the molecule is COc1cc2c(cc1CC=C(C)C)[C@@H]1Oc3cc(O)ccc3[C@]1(O)CO2. The van der Waals surface area contributed by atoms with E-state index in [2.05, 4.69) is 19.9 Å². The third-order valence-corrected chi connectivity index (χ3v) is 4.98. The van der Waals surface area contributed by atoms with Crippen molar-refractivity contribution in [3.8, 4) is 23.0 Å². The Morgan fingerprint density at radius 3 is 2.81 bits per heavy atom. The minimum absolute atomic E-state index is 0.0823. The first-order valence-electron chi connectivity index (χ1n) is 8.62. The van der Waals surface area contributed by atoms with Crippen LogP contribution in [0, 0.1) is 0 Å². The first kappa shape index (κ1) is 16.8. The molecule has 0 radical (unpaired) electrons. The Morgan fingerprint density at radius 1 is 1.27 bits per heavy atom. The van der Waals surface area contributed by atoms with Gasteiger partial charge in [-0.1, -0.05) is 11.6 Å². The molecule has 4 rings (SSSR count). The second-order valence-electron chi connectivity index (χ2n) is 7.08. The van der Waals surface area contributed by atoms with Crippen LogP contribution in [0.4, 0.5) is 0 Å². The van der Waals surface area contributed by atoms with E-state index < -0.39 is 11.7 Å². The quantitative estimate of drug-likeness (QED) is 0.824. The van der Waals surface area contributed by atoms with Gasteiger partial charge in [-0.05, 0) is 44.0 Å². The number of aliphatic hydroxyl groups is 1. The second kappa shape index (κ2) is 5.95. The Kier molecular flexibility index (Phi) is 3.84. The minimum Gasteiger partial charge on any atom is -0.508 e. The van der Waals surface area contributed by atoms with Crippen LogP contribution in [-0.2, 0) is 12.0 Å². The van der Waals surface area contributed by atoms with E-state index in [1.54, 1.807) is 19.2 Å². The van der Waals surface area contributed by atoms with Crippen molar-refractivity contribution in [2.75, 3.05) is 13.7 Å². The molecule has 0 saturated carbocycles. The lowest BCUT2D eigenvalue weighted by Gasteiger charge is -2.35. The summed E-state index contributed by atoms with van der Waals surface area (Å²) in [7, 11) is 1.64. The number of phenolic OH excluding ortho intramolecular Hbond substituents is 1. The van der Waals surface area contributed by atoms with Crippen LogP contribution in [0.25, 0.3) is 0 Å². The fourth-order valence-corrected chi connectivity index (χ4v) is 3.61. The van der Waals surface area contributed by atoms with Crippen LogP contribution in [0.1, 0.15) is 36.6 Å². The van der Waals surface area contributed by atoms with Crippen molar-refractivity contribution in [2.24, 2.45) is 0 Å². The number of phenols is 1. The molecular weight excluding hydrogens is 332 g/mol. The van der Waals surface area contributed by atoms with Crippen molar-refractivity contribution in [2.45, 2.75) is 32.0 Å². The molecule has 5 heteroatoms. The summed E-state index contributed by atoms with van der Waals surface area (Å²) in [5.74, 6) is 1.98. The Bertz CT molecular complexity index is 898.